The molecule has 8 rings (SSSR count). The van der Waals surface area contributed by atoms with Crippen molar-refractivity contribution >= 4 is 66.4 Å². The average molecular weight is 593 g/mol. The van der Waals surface area contributed by atoms with Crippen LogP contribution in [0, 0.1) is 27.7 Å². The molecule has 0 radical (unpaired) electrons. The molecule has 0 aliphatic heterocycles. The lowest BCUT2D eigenvalue weighted by atomic mass is 9.91. The van der Waals surface area contributed by atoms with Gasteiger partial charge >= 0.3 is 0 Å². The van der Waals surface area contributed by atoms with Crippen LogP contribution in [0.25, 0.3) is 32.3 Å². The van der Waals surface area contributed by atoms with E-state index in [2.05, 4.69) is 183 Å². The summed E-state index contributed by atoms with van der Waals surface area (Å²) in [6, 6.07) is 53.7. The van der Waals surface area contributed by atoms with E-state index in [4.69, 9.17) is 0 Å². The third-order valence-corrected chi connectivity index (χ3v) is 9.20. The Morgan fingerprint density at radius 1 is 0.326 bits per heavy atom. The summed E-state index contributed by atoms with van der Waals surface area (Å²) in [5.41, 5.74) is 12.0. The van der Waals surface area contributed by atoms with E-state index >= 15 is 0 Å². The number of nitrogens with zero attached hydrogens (tertiary/aromatic N) is 2. The van der Waals surface area contributed by atoms with E-state index in [1.807, 2.05) is 0 Å². The molecule has 0 aliphatic rings. The Kier molecular flexibility index (Phi) is 6.73. The first-order valence-electron chi connectivity index (χ1n) is 16.0. The van der Waals surface area contributed by atoms with Gasteiger partial charge in [-0.15, -0.1) is 0 Å². The maximum atomic E-state index is 2.41. The molecule has 46 heavy (non-hydrogen) atoms. The van der Waals surface area contributed by atoms with Gasteiger partial charge in [0.05, 0.1) is 11.4 Å². The van der Waals surface area contributed by atoms with E-state index in [0.29, 0.717) is 0 Å². The van der Waals surface area contributed by atoms with Crippen LogP contribution in [0.4, 0.5) is 34.1 Å². The summed E-state index contributed by atoms with van der Waals surface area (Å²) in [5.74, 6) is 0. The van der Waals surface area contributed by atoms with Crippen molar-refractivity contribution in [3.05, 3.63) is 168 Å². The first-order valence-corrected chi connectivity index (χ1v) is 16.0. The fraction of sp³-hybridized carbons (Fsp3) is 0.0909. The number of anilines is 6. The van der Waals surface area contributed by atoms with Crippen molar-refractivity contribution in [2.75, 3.05) is 9.80 Å². The van der Waals surface area contributed by atoms with Crippen LogP contribution < -0.4 is 9.80 Å². The molecule has 2 heteroatoms. The van der Waals surface area contributed by atoms with Crippen molar-refractivity contribution in [3.8, 4) is 0 Å². The Morgan fingerprint density at radius 3 is 1.11 bits per heavy atom. The zero-order chi connectivity index (χ0) is 31.4. The molecule has 0 saturated carbocycles. The summed E-state index contributed by atoms with van der Waals surface area (Å²) in [7, 11) is 0. The summed E-state index contributed by atoms with van der Waals surface area (Å²) in [5, 5.41) is 7.58. The molecule has 0 N–H and O–H groups in total. The normalized spacial score (nSPS) is 11.5. The van der Waals surface area contributed by atoms with Crippen LogP contribution in [0.2, 0.25) is 0 Å². The topological polar surface area (TPSA) is 6.48 Å². The molecule has 2 nitrogen and oxygen atoms in total. The Bertz CT molecular complexity index is 2180. The second-order valence-electron chi connectivity index (χ2n) is 12.6. The average Bonchev–Trinajstić information content (AvgIpc) is 3.07. The highest BCUT2D eigenvalue weighted by molar-refractivity contribution is 6.28. The fourth-order valence-corrected chi connectivity index (χ4v) is 6.94. The third-order valence-electron chi connectivity index (χ3n) is 9.20. The van der Waals surface area contributed by atoms with Crippen molar-refractivity contribution in [3.63, 3.8) is 0 Å². The lowest BCUT2D eigenvalue weighted by molar-refractivity contribution is 1.27. The van der Waals surface area contributed by atoms with Crippen LogP contribution in [0.5, 0.6) is 0 Å². The monoisotopic (exact) mass is 592 g/mol. The molecule has 0 amide bonds. The van der Waals surface area contributed by atoms with Gasteiger partial charge in [-0.25, -0.2) is 0 Å². The summed E-state index contributed by atoms with van der Waals surface area (Å²) in [6.45, 7) is 8.61. The first kappa shape index (κ1) is 27.9. The summed E-state index contributed by atoms with van der Waals surface area (Å²) in [4.78, 5) is 4.81. The molecule has 222 valence electrons. The minimum Gasteiger partial charge on any atom is -0.310 e. The van der Waals surface area contributed by atoms with Crippen LogP contribution >= 0.6 is 0 Å². The smallest absolute Gasteiger partial charge is 0.0540 e. The van der Waals surface area contributed by atoms with E-state index in [9.17, 15) is 0 Å². The predicted molar refractivity (Wildman–Crippen MR) is 198 cm³/mol. The predicted octanol–water partition coefficient (Wildman–Crippen LogP) is 12.8. The van der Waals surface area contributed by atoms with Gasteiger partial charge in [0, 0.05) is 33.5 Å². The first-order chi connectivity index (χ1) is 22.4. The van der Waals surface area contributed by atoms with E-state index in [0.717, 1.165) is 22.7 Å². The van der Waals surface area contributed by atoms with Gasteiger partial charge in [0.1, 0.15) is 0 Å². The lowest BCUT2D eigenvalue weighted by Gasteiger charge is -2.29. The minimum absolute atomic E-state index is 1.15. The van der Waals surface area contributed by atoms with Gasteiger partial charge in [0.25, 0.3) is 0 Å². The van der Waals surface area contributed by atoms with E-state index < -0.39 is 0 Å². The fourth-order valence-electron chi connectivity index (χ4n) is 6.94. The number of benzene rings is 8. The second-order valence-corrected chi connectivity index (χ2v) is 12.6. The molecule has 0 aliphatic carbocycles. The van der Waals surface area contributed by atoms with Crippen molar-refractivity contribution < 1.29 is 0 Å². The largest absolute Gasteiger partial charge is 0.310 e. The summed E-state index contributed by atoms with van der Waals surface area (Å²) >= 11 is 0. The van der Waals surface area contributed by atoms with Gasteiger partial charge in [-0.05, 0) is 121 Å². The van der Waals surface area contributed by atoms with Gasteiger partial charge in [0.2, 0.25) is 0 Å². The molecule has 8 aromatic rings. The van der Waals surface area contributed by atoms with E-state index in [-0.39, 0.29) is 0 Å². The maximum absolute atomic E-state index is 2.41. The summed E-state index contributed by atoms with van der Waals surface area (Å²) < 4.78 is 0. The molecule has 0 aromatic heterocycles. The van der Waals surface area contributed by atoms with Crippen molar-refractivity contribution in [1.82, 2.24) is 0 Å². The Balaban J connectivity index is 1.41. The van der Waals surface area contributed by atoms with Gasteiger partial charge < -0.3 is 9.80 Å². The number of aryl methyl sites for hydroxylation is 4. The minimum atomic E-state index is 1.15. The standard InChI is InChI=1S/C44H36N2/c1-29-11-19-35(20-12-29)45(37-9-5-7-31(3)27-37)41-25-17-33-16-24-40-42(26-18-34-15-23-39(41)43(33)44(34)40)46(36-21-13-30(2)14-22-36)38-10-6-8-32(4)28-38/h5-28H,1-4H3. The molecule has 0 saturated heterocycles. The Labute approximate surface area is 271 Å². The van der Waals surface area contributed by atoms with Gasteiger partial charge in [-0.2, -0.15) is 0 Å². The molecule has 8 aromatic carbocycles. The summed E-state index contributed by atoms with van der Waals surface area (Å²) in [6.07, 6.45) is 0. The van der Waals surface area contributed by atoms with Gasteiger partial charge in [-0.3, -0.25) is 0 Å². The van der Waals surface area contributed by atoms with Crippen LogP contribution in [0.3, 0.4) is 0 Å². The van der Waals surface area contributed by atoms with Gasteiger partial charge in [0.15, 0.2) is 0 Å². The molecule has 0 unspecified atom stereocenters. The van der Waals surface area contributed by atoms with Crippen LogP contribution in [0.15, 0.2) is 146 Å². The SMILES string of the molecule is Cc1ccc(N(c2cccc(C)c2)c2ccc3ccc4c(N(c5ccc(C)cc5)c5cccc(C)c5)ccc5ccc2c3c54)cc1. The van der Waals surface area contributed by atoms with Crippen molar-refractivity contribution in [1.29, 1.82) is 0 Å². The number of hydrogen-bond acceptors (Lipinski definition) is 2. The maximum Gasteiger partial charge on any atom is 0.0540 e. The highest BCUT2D eigenvalue weighted by Crippen LogP contribution is 2.47. The number of hydrogen-bond donors (Lipinski definition) is 0. The molecule has 0 fully saturated rings. The second kappa shape index (κ2) is 11.1. The number of rotatable bonds is 6. The van der Waals surface area contributed by atoms with Crippen LogP contribution in [-0.4, -0.2) is 0 Å². The lowest BCUT2D eigenvalue weighted by Crippen LogP contribution is -2.11. The zero-order valence-corrected chi connectivity index (χ0v) is 26.8. The molecule has 0 atom stereocenters. The van der Waals surface area contributed by atoms with Gasteiger partial charge in [-0.1, -0.05) is 96.1 Å². The Morgan fingerprint density at radius 2 is 0.717 bits per heavy atom. The highest BCUT2D eigenvalue weighted by Gasteiger charge is 2.21. The molecule has 0 heterocycles. The third kappa shape index (κ3) is 4.74. The van der Waals surface area contributed by atoms with Crippen molar-refractivity contribution in [2.45, 2.75) is 27.7 Å². The quantitative estimate of drug-likeness (QED) is 0.177. The molecular formula is C44H36N2. The zero-order valence-electron chi connectivity index (χ0n) is 26.8. The van der Waals surface area contributed by atoms with Crippen LogP contribution in [0.1, 0.15) is 22.3 Å². The Hall–Kier alpha value is -5.60. The van der Waals surface area contributed by atoms with E-state index in [1.54, 1.807) is 0 Å². The van der Waals surface area contributed by atoms with Crippen LogP contribution in [-0.2, 0) is 0 Å². The molecule has 0 spiro atoms. The molecular weight excluding hydrogens is 556 g/mol. The highest BCUT2D eigenvalue weighted by atomic mass is 15.1. The molecule has 0 bridgehead atoms. The van der Waals surface area contributed by atoms with Crippen molar-refractivity contribution in [2.24, 2.45) is 0 Å². The van der Waals surface area contributed by atoms with E-state index in [1.165, 1.54) is 65.9 Å².